The summed E-state index contributed by atoms with van der Waals surface area (Å²) in [7, 11) is 3.20. The van der Waals surface area contributed by atoms with Gasteiger partial charge in [0.1, 0.15) is 11.3 Å². The van der Waals surface area contributed by atoms with Crippen molar-refractivity contribution in [2.24, 2.45) is 5.10 Å². The van der Waals surface area contributed by atoms with E-state index in [1.807, 2.05) is 49.4 Å². The van der Waals surface area contributed by atoms with Crippen LogP contribution in [0.15, 0.2) is 70.2 Å². The van der Waals surface area contributed by atoms with Crippen molar-refractivity contribution in [2.75, 3.05) is 14.2 Å². The molecule has 7 heteroatoms. The van der Waals surface area contributed by atoms with E-state index >= 15 is 0 Å². The molecule has 0 fully saturated rings. The molecule has 0 aliphatic carbocycles. The van der Waals surface area contributed by atoms with Crippen molar-refractivity contribution in [1.82, 2.24) is 5.43 Å². The Hall–Kier alpha value is -4.26. The van der Waals surface area contributed by atoms with Crippen molar-refractivity contribution in [1.29, 1.82) is 0 Å². The SMILES string of the molecule is COc1ccc([C@@H]2CC(c3cc4c(C)c(C(=O)c5ccccc5)oc4cc3O)=NN2)cc1OC. The molecule has 0 spiro atoms. The Morgan fingerprint density at radius 3 is 2.56 bits per heavy atom. The highest BCUT2D eigenvalue weighted by Crippen LogP contribution is 2.37. The van der Waals surface area contributed by atoms with E-state index in [2.05, 4.69) is 10.5 Å². The summed E-state index contributed by atoms with van der Waals surface area (Å²) in [6, 6.07) is 18.0. The summed E-state index contributed by atoms with van der Waals surface area (Å²) in [5, 5.41) is 16.0. The fraction of sp³-hybridized carbons (Fsp3) is 0.185. The lowest BCUT2D eigenvalue weighted by molar-refractivity contribution is 0.101. The summed E-state index contributed by atoms with van der Waals surface area (Å²) in [4.78, 5) is 13.0. The summed E-state index contributed by atoms with van der Waals surface area (Å²) in [6.07, 6.45) is 0.571. The number of carbonyl (C=O) groups excluding carboxylic acids is 1. The molecule has 34 heavy (non-hydrogen) atoms. The Bertz CT molecular complexity index is 1420. The average Bonchev–Trinajstić information content (AvgIpc) is 3.48. The van der Waals surface area contributed by atoms with Crippen LogP contribution in [-0.4, -0.2) is 30.8 Å². The van der Waals surface area contributed by atoms with E-state index in [4.69, 9.17) is 13.9 Å². The summed E-state index contributed by atoms with van der Waals surface area (Å²) < 4.78 is 16.6. The van der Waals surface area contributed by atoms with Gasteiger partial charge in [-0.2, -0.15) is 5.10 Å². The number of rotatable bonds is 6. The van der Waals surface area contributed by atoms with Gasteiger partial charge < -0.3 is 24.4 Å². The predicted octanol–water partition coefficient (Wildman–Crippen LogP) is 5.13. The van der Waals surface area contributed by atoms with Gasteiger partial charge >= 0.3 is 0 Å². The molecule has 1 aliphatic rings. The highest BCUT2D eigenvalue weighted by Gasteiger charge is 2.26. The molecule has 0 amide bonds. The molecule has 0 saturated heterocycles. The zero-order valence-corrected chi connectivity index (χ0v) is 19.1. The van der Waals surface area contributed by atoms with E-state index in [9.17, 15) is 9.90 Å². The molecule has 0 radical (unpaired) electrons. The third-order valence-corrected chi connectivity index (χ3v) is 6.17. The summed E-state index contributed by atoms with van der Waals surface area (Å²) in [5.41, 5.74) is 7.20. The maximum absolute atomic E-state index is 13.0. The van der Waals surface area contributed by atoms with Crippen LogP contribution in [0, 0.1) is 6.92 Å². The zero-order valence-electron chi connectivity index (χ0n) is 19.1. The number of carbonyl (C=O) groups is 1. The lowest BCUT2D eigenvalue weighted by Crippen LogP contribution is -2.10. The highest BCUT2D eigenvalue weighted by molar-refractivity contribution is 6.12. The Kier molecular flexibility index (Phi) is 5.45. The number of fused-ring (bicyclic) bond motifs is 1. The van der Waals surface area contributed by atoms with Crippen molar-refractivity contribution in [3.05, 3.63) is 88.7 Å². The van der Waals surface area contributed by atoms with E-state index in [-0.39, 0.29) is 23.3 Å². The number of hydrogen-bond donors (Lipinski definition) is 2. The number of phenols is 1. The lowest BCUT2D eigenvalue weighted by atomic mass is 9.96. The Labute approximate surface area is 196 Å². The van der Waals surface area contributed by atoms with Crippen molar-refractivity contribution in [3.63, 3.8) is 0 Å². The highest BCUT2D eigenvalue weighted by atomic mass is 16.5. The largest absolute Gasteiger partial charge is 0.507 e. The second kappa shape index (κ2) is 8.59. The van der Waals surface area contributed by atoms with Crippen molar-refractivity contribution in [3.8, 4) is 17.2 Å². The first-order valence-electron chi connectivity index (χ1n) is 10.9. The van der Waals surface area contributed by atoms with Crippen LogP contribution in [0.25, 0.3) is 11.0 Å². The first-order chi connectivity index (χ1) is 16.5. The number of hydrazone groups is 1. The van der Waals surface area contributed by atoms with E-state index < -0.39 is 0 Å². The fourth-order valence-corrected chi connectivity index (χ4v) is 4.30. The Morgan fingerprint density at radius 2 is 1.82 bits per heavy atom. The van der Waals surface area contributed by atoms with Crippen molar-refractivity contribution < 1.29 is 23.8 Å². The standard InChI is InChI=1S/C27H24N2O5/c1-15-18-12-19(21-13-20(28-29-21)17-9-10-23(32-2)25(11-17)33-3)22(30)14-24(18)34-27(15)26(31)16-7-5-4-6-8-16/h4-12,14,20,28,30H,13H2,1-3H3/t20-/m0/s1. The van der Waals surface area contributed by atoms with E-state index in [0.717, 1.165) is 22.2 Å². The van der Waals surface area contributed by atoms with Crippen LogP contribution in [0.2, 0.25) is 0 Å². The number of phenolic OH excluding ortho intramolecular Hbond substituents is 1. The van der Waals surface area contributed by atoms with Gasteiger partial charge in [0.2, 0.25) is 5.78 Å². The molecule has 2 N–H and O–H groups in total. The number of aromatic hydroxyl groups is 1. The summed E-state index contributed by atoms with van der Waals surface area (Å²) >= 11 is 0. The summed E-state index contributed by atoms with van der Waals surface area (Å²) in [6.45, 7) is 1.85. The van der Waals surface area contributed by atoms with Crippen LogP contribution in [-0.2, 0) is 0 Å². The van der Waals surface area contributed by atoms with Gasteiger partial charge in [-0.3, -0.25) is 4.79 Å². The number of aryl methyl sites for hydroxylation is 1. The van der Waals surface area contributed by atoms with Gasteiger partial charge in [-0.1, -0.05) is 36.4 Å². The molecular formula is C27H24N2O5. The molecule has 1 aromatic heterocycles. The maximum Gasteiger partial charge on any atom is 0.228 e. The third-order valence-electron chi connectivity index (χ3n) is 6.17. The molecule has 3 aromatic carbocycles. The average molecular weight is 456 g/mol. The smallest absolute Gasteiger partial charge is 0.228 e. The van der Waals surface area contributed by atoms with Gasteiger partial charge in [-0.15, -0.1) is 0 Å². The van der Waals surface area contributed by atoms with Gasteiger partial charge in [0.05, 0.1) is 26.0 Å². The summed E-state index contributed by atoms with van der Waals surface area (Å²) in [5.74, 6) is 1.43. The van der Waals surface area contributed by atoms with Crippen LogP contribution >= 0.6 is 0 Å². The molecule has 172 valence electrons. The van der Waals surface area contributed by atoms with Crippen LogP contribution in [0.5, 0.6) is 17.2 Å². The number of methoxy groups -OCH3 is 2. The number of ether oxygens (including phenoxy) is 2. The minimum absolute atomic E-state index is 0.0495. The van der Waals surface area contributed by atoms with Crippen LogP contribution in [0.4, 0.5) is 0 Å². The first-order valence-corrected chi connectivity index (χ1v) is 10.9. The topological polar surface area (TPSA) is 93.3 Å². The molecule has 0 saturated carbocycles. The van der Waals surface area contributed by atoms with Crippen molar-refractivity contribution >= 4 is 22.5 Å². The second-order valence-electron chi connectivity index (χ2n) is 8.18. The minimum Gasteiger partial charge on any atom is -0.507 e. The molecule has 4 aromatic rings. The zero-order chi connectivity index (χ0) is 23.8. The molecule has 0 unspecified atom stereocenters. The first kappa shape index (κ1) is 21.6. The monoisotopic (exact) mass is 456 g/mol. The second-order valence-corrected chi connectivity index (χ2v) is 8.18. The molecular weight excluding hydrogens is 432 g/mol. The Morgan fingerprint density at radius 1 is 1.06 bits per heavy atom. The van der Waals surface area contributed by atoms with Gasteiger partial charge in [-0.25, -0.2) is 0 Å². The van der Waals surface area contributed by atoms with E-state index in [1.54, 1.807) is 32.4 Å². The molecule has 1 atom stereocenters. The number of furan rings is 1. The van der Waals surface area contributed by atoms with Crippen LogP contribution < -0.4 is 14.9 Å². The van der Waals surface area contributed by atoms with Gasteiger partial charge in [0, 0.05) is 34.6 Å². The Balaban J connectivity index is 1.45. The van der Waals surface area contributed by atoms with E-state index in [1.165, 1.54) is 0 Å². The van der Waals surface area contributed by atoms with Gasteiger partial charge in [-0.05, 0) is 30.7 Å². The fourth-order valence-electron chi connectivity index (χ4n) is 4.30. The predicted molar refractivity (Wildman–Crippen MR) is 129 cm³/mol. The molecule has 7 nitrogen and oxygen atoms in total. The van der Waals surface area contributed by atoms with Gasteiger partial charge in [0.15, 0.2) is 17.3 Å². The van der Waals surface area contributed by atoms with Crippen LogP contribution in [0.3, 0.4) is 0 Å². The maximum atomic E-state index is 13.0. The normalized spacial score (nSPS) is 15.1. The van der Waals surface area contributed by atoms with Crippen molar-refractivity contribution in [2.45, 2.75) is 19.4 Å². The van der Waals surface area contributed by atoms with E-state index in [0.29, 0.717) is 34.6 Å². The quantitative estimate of drug-likeness (QED) is 0.391. The molecule has 5 rings (SSSR count). The number of nitrogens with zero attached hydrogens (tertiary/aromatic N) is 1. The number of nitrogens with one attached hydrogen (secondary N) is 1. The number of ketones is 1. The lowest BCUT2D eigenvalue weighted by Gasteiger charge is -2.14. The van der Waals surface area contributed by atoms with Crippen LogP contribution in [0.1, 0.15) is 45.3 Å². The molecule has 1 aliphatic heterocycles. The molecule has 2 heterocycles. The number of hydrogen-bond acceptors (Lipinski definition) is 7. The number of benzene rings is 3. The third kappa shape index (κ3) is 3.65. The molecule has 0 bridgehead atoms. The van der Waals surface area contributed by atoms with Gasteiger partial charge in [0.25, 0.3) is 0 Å². The minimum atomic E-state index is -0.191.